The summed E-state index contributed by atoms with van der Waals surface area (Å²) in [5, 5.41) is 10.9. The molecular formula is C15H23ClN2O. The van der Waals surface area contributed by atoms with Gasteiger partial charge in [0.15, 0.2) is 0 Å². The molecule has 1 unspecified atom stereocenters. The smallest absolute Gasteiger partial charge is 0.0802 e. The van der Waals surface area contributed by atoms with Crippen LogP contribution in [0.5, 0.6) is 0 Å². The highest BCUT2D eigenvalue weighted by molar-refractivity contribution is 6.30. The fraction of sp³-hybridized carbons (Fsp3) is 0.600. The van der Waals surface area contributed by atoms with Gasteiger partial charge in [-0.15, -0.1) is 0 Å². The van der Waals surface area contributed by atoms with Crippen LogP contribution in [-0.4, -0.2) is 54.7 Å². The molecule has 1 aromatic carbocycles. The average molecular weight is 283 g/mol. The van der Waals surface area contributed by atoms with Gasteiger partial charge < -0.3 is 14.9 Å². The zero-order chi connectivity index (χ0) is 13.7. The highest BCUT2D eigenvalue weighted by Gasteiger charge is 2.14. The molecule has 2 rings (SSSR count). The van der Waals surface area contributed by atoms with Gasteiger partial charge in [-0.3, -0.25) is 0 Å². The van der Waals surface area contributed by atoms with Crippen molar-refractivity contribution in [3.63, 3.8) is 0 Å². The molecule has 1 aliphatic rings. The van der Waals surface area contributed by atoms with Crippen molar-refractivity contribution in [3.05, 3.63) is 34.9 Å². The van der Waals surface area contributed by atoms with Gasteiger partial charge in [-0.2, -0.15) is 0 Å². The number of aliphatic hydroxyl groups excluding tert-OH is 1. The van der Waals surface area contributed by atoms with E-state index in [1.165, 1.54) is 13.0 Å². The topological polar surface area (TPSA) is 26.7 Å². The fourth-order valence-corrected chi connectivity index (χ4v) is 2.71. The molecule has 0 bridgehead atoms. The molecule has 1 aromatic rings. The molecule has 0 amide bonds. The van der Waals surface area contributed by atoms with Crippen molar-refractivity contribution in [2.45, 2.75) is 18.9 Å². The Bertz CT molecular complexity index is 399. The van der Waals surface area contributed by atoms with Crippen LogP contribution >= 0.6 is 11.6 Å². The summed E-state index contributed by atoms with van der Waals surface area (Å²) in [6.07, 6.45) is 1.56. The summed E-state index contributed by atoms with van der Waals surface area (Å²) in [6, 6.07) is 7.51. The van der Waals surface area contributed by atoms with Gasteiger partial charge >= 0.3 is 0 Å². The molecule has 1 aliphatic heterocycles. The van der Waals surface area contributed by atoms with Crippen LogP contribution in [0.4, 0.5) is 0 Å². The summed E-state index contributed by atoms with van der Waals surface area (Å²) in [6.45, 7) is 5.47. The molecule has 106 valence electrons. The summed E-state index contributed by atoms with van der Waals surface area (Å²) in [5.74, 6) is 0. The van der Waals surface area contributed by atoms with E-state index in [2.05, 4.69) is 16.8 Å². The van der Waals surface area contributed by atoms with Crippen molar-refractivity contribution in [1.82, 2.24) is 9.80 Å². The van der Waals surface area contributed by atoms with Gasteiger partial charge in [0.1, 0.15) is 0 Å². The second-order valence-corrected chi connectivity index (χ2v) is 5.79. The summed E-state index contributed by atoms with van der Waals surface area (Å²) in [4.78, 5) is 4.81. The monoisotopic (exact) mass is 282 g/mol. The van der Waals surface area contributed by atoms with E-state index in [0.717, 1.165) is 38.2 Å². The van der Waals surface area contributed by atoms with Gasteiger partial charge in [-0.1, -0.05) is 23.7 Å². The lowest BCUT2D eigenvalue weighted by molar-refractivity contribution is 0.143. The van der Waals surface area contributed by atoms with Crippen molar-refractivity contribution in [3.8, 4) is 0 Å². The Balaban J connectivity index is 1.81. The predicted molar refractivity (Wildman–Crippen MR) is 79.6 cm³/mol. The number of benzene rings is 1. The van der Waals surface area contributed by atoms with Crippen molar-refractivity contribution < 1.29 is 5.11 Å². The molecule has 0 spiro atoms. The van der Waals surface area contributed by atoms with E-state index >= 15 is 0 Å². The molecule has 3 nitrogen and oxygen atoms in total. The van der Waals surface area contributed by atoms with Crippen LogP contribution in [0.15, 0.2) is 24.3 Å². The number of hydrogen-bond acceptors (Lipinski definition) is 3. The van der Waals surface area contributed by atoms with Crippen LogP contribution in [-0.2, 0) is 0 Å². The maximum Gasteiger partial charge on any atom is 0.0802 e. The average Bonchev–Trinajstić information content (AvgIpc) is 2.61. The first-order chi connectivity index (χ1) is 9.15. The summed E-state index contributed by atoms with van der Waals surface area (Å²) < 4.78 is 0. The number of nitrogens with zero attached hydrogens (tertiary/aromatic N) is 2. The minimum absolute atomic E-state index is 0.417. The number of likely N-dealkylation sites (N-methyl/N-ethyl adjacent to an activating group) is 1. The van der Waals surface area contributed by atoms with E-state index in [9.17, 15) is 5.11 Å². The second kappa shape index (κ2) is 7.25. The standard InChI is InChI=1S/C15H23ClN2O/c1-17-7-3-8-18(11-10-17)9-6-15(19)13-4-2-5-14(16)12-13/h2,4-5,12,15,19H,3,6-11H2,1H3. The molecule has 0 aromatic heterocycles. The van der Waals surface area contributed by atoms with Crippen LogP contribution < -0.4 is 0 Å². The van der Waals surface area contributed by atoms with E-state index in [4.69, 9.17) is 11.6 Å². The van der Waals surface area contributed by atoms with Gasteiger partial charge in [0.05, 0.1) is 6.10 Å². The van der Waals surface area contributed by atoms with Crippen molar-refractivity contribution >= 4 is 11.6 Å². The quantitative estimate of drug-likeness (QED) is 0.919. The van der Waals surface area contributed by atoms with Gasteiger partial charge in [0.2, 0.25) is 0 Å². The first kappa shape index (κ1) is 14.8. The molecule has 1 fully saturated rings. The lowest BCUT2D eigenvalue weighted by atomic mass is 10.1. The molecule has 1 heterocycles. The number of hydrogen-bond donors (Lipinski definition) is 1. The Morgan fingerprint density at radius 2 is 2.11 bits per heavy atom. The van der Waals surface area contributed by atoms with Gasteiger partial charge in [0.25, 0.3) is 0 Å². The minimum atomic E-state index is -0.417. The Morgan fingerprint density at radius 3 is 2.89 bits per heavy atom. The van der Waals surface area contributed by atoms with E-state index in [1.54, 1.807) is 0 Å². The van der Waals surface area contributed by atoms with Crippen LogP contribution in [0, 0.1) is 0 Å². The fourth-order valence-electron chi connectivity index (χ4n) is 2.51. The number of aliphatic hydroxyl groups is 1. The Hall–Kier alpha value is -0.610. The van der Waals surface area contributed by atoms with E-state index in [-0.39, 0.29) is 0 Å². The third kappa shape index (κ3) is 4.77. The molecule has 19 heavy (non-hydrogen) atoms. The van der Waals surface area contributed by atoms with E-state index in [1.807, 2.05) is 24.3 Å². The van der Waals surface area contributed by atoms with E-state index in [0.29, 0.717) is 5.02 Å². The molecular weight excluding hydrogens is 260 g/mol. The minimum Gasteiger partial charge on any atom is -0.388 e. The predicted octanol–water partition coefficient (Wildman–Crippen LogP) is 2.40. The SMILES string of the molecule is CN1CCCN(CCC(O)c2cccc(Cl)c2)CC1. The lowest BCUT2D eigenvalue weighted by Gasteiger charge is -2.21. The number of halogens is 1. The summed E-state index contributed by atoms with van der Waals surface area (Å²) in [7, 11) is 2.17. The molecule has 1 N–H and O–H groups in total. The molecule has 1 atom stereocenters. The maximum atomic E-state index is 10.2. The number of rotatable bonds is 4. The third-order valence-electron chi connectivity index (χ3n) is 3.76. The zero-order valence-corrected chi connectivity index (χ0v) is 12.3. The Kier molecular flexibility index (Phi) is 5.64. The normalized spacial score (nSPS) is 20.2. The highest BCUT2D eigenvalue weighted by atomic mass is 35.5. The van der Waals surface area contributed by atoms with Crippen molar-refractivity contribution in [2.75, 3.05) is 39.8 Å². The molecule has 0 saturated carbocycles. The maximum absolute atomic E-state index is 10.2. The zero-order valence-electron chi connectivity index (χ0n) is 11.6. The van der Waals surface area contributed by atoms with E-state index < -0.39 is 6.10 Å². The highest BCUT2D eigenvalue weighted by Crippen LogP contribution is 2.20. The first-order valence-corrected chi connectivity index (χ1v) is 7.37. The first-order valence-electron chi connectivity index (χ1n) is 6.99. The second-order valence-electron chi connectivity index (χ2n) is 5.36. The summed E-state index contributed by atoms with van der Waals surface area (Å²) >= 11 is 5.95. The van der Waals surface area contributed by atoms with Crippen molar-refractivity contribution in [2.24, 2.45) is 0 Å². The van der Waals surface area contributed by atoms with Crippen molar-refractivity contribution in [1.29, 1.82) is 0 Å². The van der Waals surface area contributed by atoms with Gasteiger partial charge in [-0.25, -0.2) is 0 Å². The molecule has 4 heteroatoms. The molecule has 0 radical (unpaired) electrons. The van der Waals surface area contributed by atoms with Crippen LogP contribution in [0.3, 0.4) is 0 Å². The van der Waals surface area contributed by atoms with Gasteiger partial charge in [0, 0.05) is 24.7 Å². The lowest BCUT2D eigenvalue weighted by Crippen LogP contribution is -2.30. The third-order valence-corrected chi connectivity index (χ3v) is 4.00. The summed E-state index contributed by atoms with van der Waals surface area (Å²) in [5.41, 5.74) is 0.916. The Morgan fingerprint density at radius 1 is 1.26 bits per heavy atom. The Labute approximate surface area is 120 Å². The largest absolute Gasteiger partial charge is 0.388 e. The van der Waals surface area contributed by atoms with Gasteiger partial charge in [-0.05, 0) is 50.7 Å². The van der Waals surface area contributed by atoms with Crippen LogP contribution in [0.25, 0.3) is 0 Å². The molecule has 0 aliphatic carbocycles. The van der Waals surface area contributed by atoms with Crippen LogP contribution in [0.1, 0.15) is 24.5 Å². The van der Waals surface area contributed by atoms with Crippen LogP contribution in [0.2, 0.25) is 5.02 Å². The molecule has 1 saturated heterocycles.